The first-order chi connectivity index (χ1) is 10.4. The van der Waals surface area contributed by atoms with Gasteiger partial charge in [-0.2, -0.15) is 0 Å². The number of hydrogen-bond donors (Lipinski definition) is 1. The third-order valence-electron chi connectivity index (χ3n) is 4.08. The summed E-state index contributed by atoms with van der Waals surface area (Å²) in [6.07, 6.45) is 4.80. The maximum absolute atomic E-state index is 11.8. The highest BCUT2D eigenvalue weighted by Gasteiger charge is 2.44. The molecule has 0 unspecified atom stereocenters. The third kappa shape index (κ3) is 3.85. The smallest absolute Gasteiger partial charge is 0.348 e. The van der Waals surface area contributed by atoms with E-state index in [9.17, 15) is 9.90 Å². The van der Waals surface area contributed by atoms with Crippen LogP contribution in [0.2, 0.25) is 0 Å². The van der Waals surface area contributed by atoms with Gasteiger partial charge in [0.15, 0.2) is 0 Å². The minimum atomic E-state index is -1.14. The van der Waals surface area contributed by atoms with Gasteiger partial charge in [-0.1, -0.05) is 11.6 Å². The molecule has 0 saturated carbocycles. The Morgan fingerprint density at radius 2 is 2.14 bits per heavy atom. The predicted molar refractivity (Wildman–Crippen MR) is 85.1 cm³/mol. The first-order valence-corrected chi connectivity index (χ1v) is 7.63. The molecular weight excluding hydrogens is 280 g/mol. The van der Waals surface area contributed by atoms with Crippen molar-refractivity contribution in [3.63, 3.8) is 0 Å². The Morgan fingerprint density at radius 1 is 1.45 bits per heavy atom. The third-order valence-corrected chi connectivity index (χ3v) is 4.08. The van der Waals surface area contributed by atoms with Crippen molar-refractivity contribution in [3.8, 4) is 5.75 Å². The number of aliphatic carboxylic acids is 1. The van der Waals surface area contributed by atoms with Gasteiger partial charge < -0.3 is 9.84 Å². The van der Waals surface area contributed by atoms with Gasteiger partial charge in [0.1, 0.15) is 5.75 Å². The highest BCUT2D eigenvalue weighted by molar-refractivity contribution is 5.78. The lowest BCUT2D eigenvalue weighted by Gasteiger charge is -2.38. The van der Waals surface area contributed by atoms with Crippen molar-refractivity contribution in [1.82, 2.24) is 9.88 Å². The molecule has 5 nitrogen and oxygen atoms in total. The van der Waals surface area contributed by atoms with E-state index in [1.807, 2.05) is 6.92 Å². The summed E-state index contributed by atoms with van der Waals surface area (Å²) >= 11 is 0. The van der Waals surface area contributed by atoms with Gasteiger partial charge in [-0.25, -0.2) is 4.79 Å². The molecule has 1 fully saturated rings. The number of carboxylic acids is 1. The number of hydrogen-bond acceptors (Lipinski definition) is 4. The number of rotatable bonds is 5. The number of pyridine rings is 1. The van der Waals surface area contributed by atoms with Gasteiger partial charge in [-0.15, -0.1) is 0 Å². The van der Waals surface area contributed by atoms with Gasteiger partial charge in [0, 0.05) is 38.7 Å². The highest BCUT2D eigenvalue weighted by Crippen LogP contribution is 2.30. The summed E-state index contributed by atoms with van der Waals surface area (Å²) in [5, 5.41) is 9.67. The van der Waals surface area contributed by atoms with Crippen LogP contribution in [-0.4, -0.2) is 46.2 Å². The van der Waals surface area contributed by atoms with Crippen LogP contribution in [0.1, 0.15) is 32.4 Å². The number of likely N-dealkylation sites (tertiary alicyclic amines) is 1. The maximum Gasteiger partial charge on any atom is 0.348 e. The monoisotopic (exact) mass is 304 g/mol. The largest absolute Gasteiger partial charge is 0.478 e. The Kier molecular flexibility index (Phi) is 5.19. The fourth-order valence-electron chi connectivity index (χ4n) is 2.56. The van der Waals surface area contributed by atoms with E-state index in [4.69, 9.17) is 4.74 Å². The summed E-state index contributed by atoms with van der Waals surface area (Å²) < 4.78 is 5.90. The van der Waals surface area contributed by atoms with Gasteiger partial charge in [0.2, 0.25) is 5.60 Å². The Hall–Kier alpha value is -1.88. The number of aryl methyl sites for hydroxylation is 1. The second kappa shape index (κ2) is 6.92. The molecule has 5 heteroatoms. The maximum atomic E-state index is 11.8. The average Bonchev–Trinajstić information content (AvgIpc) is 2.48. The summed E-state index contributed by atoms with van der Waals surface area (Å²) in [6.45, 7) is 8.27. The van der Waals surface area contributed by atoms with Crippen LogP contribution >= 0.6 is 0 Å². The van der Waals surface area contributed by atoms with Crippen molar-refractivity contribution in [3.05, 3.63) is 35.7 Å². The molecular formula is C17H24N2O3. The average molecular weight is 304 g/mol. The van der Waals surface area contributed by atoms with E-state index in [0.717, 1.165) is 25.3 Å². The van der Waals surface area contributed by atoms with Crippen LogP contribution < -0.4 is 4.74 Å². The molecule has 0 bridgehead atoms. The number of carboxylic acid groups (broad SMARTS) is 1. The van der Waals surface area contributed by atoms with Crippen molar-refractivity contribution in [2.45, 2.75) is 39.2 Å². The molecule has 1 N–H and O–H groups in total. The van der Waals surface area contributed by atoms with E-state index < -0.39 is 11.6 Å². The van der Waals surface area contributed by atoms with Gasteiger partial charge in [-0.3, -0.25) is 9.88 Å². The first-order valence-electron chi connectivity index (χ1n) is 7.63. The lowest BCUT2D eigenvalue weighted by Crippen LogP contribution is -2.53. The van der Waals surface area contributed by atoms with Crippen LogP contribution in [0, 0.1) is 6.92 Å². The lowest BCUT2D eigenvalue weighted by atomic mass is 9.91. The van der Waals surface area contributed by atoms with Crippen molar-refractivity contribution in [2.24, 2.45) is 0 Å². The molecule has 22 heavy (non-hydrogen) atoms. The fourth-order valence-corrected chi connectivity index (χ4v) is 2.56. The van der Waals surface area contributed by atoms with Crippen LogP contribution in [0.5, 0.6) is 5.75 Å². The highest BCUT2D eigenvalue weighted by atomic mass is 16.5. The van der Waals surface area contributed by atoms with Crippen molar-refractivity contribution in [1.29, 1.82) is 0 Å². The molecule has 0 radical (unpaired) electrons. The molecule has 1 aliphatic rings. The van der Waals surface area contributed by atoms with E-state index in [-0.39, 0.29) is 0 Å². The first kappa shape index (κ1) is 16.5. The lowest BCUT2D eigenvalue weighted by molar-refractivity contribution is -0.159. The van der Waals surface area contributed by atoms with Crippen molar-refractivity contribution < 1.29 is 14.6 Å². The van der Waals surface area contributed by atoms with Gasteiger partial charge in [0.05, 0.1) is 5.69 Å². The van der Waals surface area contributed by atoms with E-state index in [0.29, 0.717) is 18.6 Å². The summed E-state index contributed by atoms with van der Waals surface area (Å²) in [6, 6.07) is 3.55. The van der Waals surface area contributed by atoms with Crippen LogP contribution in [0.4, 0.5) is 0 Å². The Labute approximate surface area is 131 Å². The van der Waals surface area contributed by atoms with E-state index in [1.54, 1.807) is 18.3 Å². The van der Waals surface area contributed by atoms with Crippen molar-refractivity contribution >= 4 is 5.97 Å². The second-order valence-corrected chi connectivity index (χ2v) is 6.07. The molecule has 0 aromatic carbocycles. The van der Waals surface area contributed by atoms with Crippen LogP contribution in [0.3, 0.4) is 0 Å². The fraction of sp³-hybridized carbons (Fsp3) is 0.529. The number of piperidine rings is 1. The second-order valence-electron chi connectivity index (χ2n) is 6.07. The zero-order chi connectivity index (χ0) is 16.2. The number of carbonyl (C=O) groups is 1. The molecule has 0 atom stereocenters. The molecule has 1 aromatic heterocycles. The predicted octanol–water partition coefficient (Wildman–Crippen LogP) is 2.65. The topological polar surface area (TPSA) is 62.7 Å². The van der Waals surface area contributed by atoms with Crippen LogP contribution in [-0.2, 0) is 4.79 Å². The number of allylic oxidation sites excluding steroid dienone is 1. The number of nitrogens with zero attached hydrogens (tertiary/aromatic N) is 2. The molecule has 1 aliphatic heterocycles. The van der Waals surface area contributed by atoms with Gasteiger partial charge >= 0.3 is 5.97 Å². The molecule has 0 spiro atoms. The number of aromatic nitrogens is 1. The summed E-state index contributed by atoms with van der Waals surface area (Å²) in [5.74, 6) is -0.333. The Balaban J connectivity index is 2.07. The standard InChI is InChI=1S/C17H24N2O3/c1-13(2)6-10-19-11-7-17(8-12-19,16(20)21)22-15-5-4-9-18-14(15)3/h4-6,9H,7-8,10-12H2,1-3H3,(H,20,21). The van der Waals surface area contributed by atoms with E-state index in [2.05, 4.69) is 29.8 Å². The van der Waals surface area contributed by atoms with Crippen molar-refractivity contribution in [2.75, 3.05) is 19.6 Å². The minimum Gasteiger partial charge on any atom is -0.478 e. The Bertz CT molecular complexity index is 557. The summed E-state index contributed by atoms with van der Waals surface area (Å²) in [5.41, 5.74) is 0.849. The molecule has 0 amide bonds. The minimum absolute atomic E-state index is 0.479. The normalized spacial score (nSPS) is 17.8. The zero-order valence-corrected chi connectivity index (χ0v) is 13.5. The van der Waals surface area contributed by atoms with E-state index >= 15 is 0 Å². The molecule has 120 valence electrons. The van der Waals surface area contributed by atoms with Gasteiger partial charge in [-0.05, 0) is 32.9 Å². The van der Waals surface area contributed by atoms with E-state index in [1.165, 1.54) is 5.57 Å². The van der Waals surface area contributed by atoms with Crippen LogP contribution in [0.25, 0.3) is 0 Å². The quantitative estimate of drug-likeness (QED) is 0.847. The zero-order valence-electron chi connectivity index (χ0n) is 13.5. The summed E-state index contributed by atoms with van der Waals surface area (Å²) in [7, 11) is 0. The summed E-state index contributed by atoms with van der Waals surface area (Å²) in [4.78, 5) is 18.2. The SMILES string of the molecule is CC(C)=CCN1CCC(Oc2cccnc2C)(C(=O)O)CC1. The molecule has 2 heterocycles. The van der Waals surface area contributed by atoms with Gasteiger partial charge in [0.25, 0.3) is 0 Å². The number of ether oxygens (including phenoxy) is 1. The Morgan fingerprint density at radius 3 is 2.68 bits per heavy atom. The molecule has 2 rings (SSSR count). The molecule has 1 saturated heterocycles. The molecule has 0 aliphatic carbocycles. The van der Waals surface area contributed by atoms with Crippen LogP contribution in [0.15, 0.2) is 30.0 Å². The molecule has 1 aromatic rings.